The summed E-state index contributed by atoms with van der Waals surface area (Å²) in [5.74, 6) is 0.507. The van der Waals surface area contributed by atoms with Gasteiger partial charge in [0.25, 0.3) is 12.0 Å². The number of non-ortho nitro benzene ring substituents is 1. The molecule has 0 spiro atoms. The van der Waals surface area contributed by atoms with Gasteiger partial charge in [-0.05, 0) is 5.56 Å². The van der Waals surface area contributed by atoms with E-state index in [-0.39, 0.29) is 5.69 Å². The number of aliphatic hydroxyl groups excluding tert-OH is 3. The third-order valence-electron chi connectivity index (χ3n) is 4.51. The Morgan fingerprint density at radius 2 is 1.97 bits per heavy atom. The number of nitro benzene ring substituents is 1. The van der Waals surface area contributed by atoms with Gasteiger partial charge in [0.2, 0.25) is 0 Å². The van der Waals surface area contributed by atoms with E-state index >= 15 is 0 Å². The predicted molar refractivity (Wildman–Crippen MR) is 102 cm³/mol. The molecule has 1 aliphatic rings. The van der Waals surface area contributed by atoms with Crippen LogP contribution in [0.25, 0.3) is 11.2 Å². The van der Waals surface area contributed by atoms with Crippen LogP contribution < -0.4 is 4.84 Å². The summed E-state index contributed by atoms with van der Waals surface area (Å²) < 4.78 is 6.50. The number of rotatable bonds is 7. The first kappa shape index (κ1) is 20.4. The van der Waals surface area contributed by atoms with Crippen molar-refractivity contribution in [1.82, 2.24) is 19.7 Å². The Balaban J connectivity index is 1.49. The van der Waals surface area contributed by atoms with Crippen LogP contribution in [0, 0.1) is 10.1 Å². The Labute approximate surface area is 173 Å². The van der Waals surface area contributed by atoms with E-state index in [1.165, 1.54) is 41.3 Å². The second-order valence-electron chi connectivity index (χ2n) is 6.45. The third-order valence-corrected chi connectivity index (χ3v) is 5.56. The van der Waals surface area contributed by atoms with Crippen molar-refractivity contribution in [2.45, 2.75) is 35.4 Å². The minimum absolute atomic E-state index is 0.0222. The Bertz CT molecular complexity index is 1050. The number of thioether (sulfide) groups is 1. The summed E-state index contributed by atoms with van der Waals surface area (Å²) in [5, 5.41) is 40.4. The largest absolute Gasteiger partial charge is 0.394 e. The van der Waals surface area contributed by atoms with Gasteiger partial charge in [-0.2, -0.15) is 0 Å². The Hall–Kier alpha value is -2.84. The van der Waals surface area contributed by atoms with E-state index in [4.69, 9.17) is 9.57 Å². The zero-order valence-electron chi connectivity index (χ0n) is 15.3. The number of ether oxygens (including phenoxy) is 1. The molecule has 4 atom stereocenters. The second kappa shape index (κ2) is 8.49. The molecule has 1 aromatic carbocycles. The summed E-state index contributed by atoms with van der Waals surface area (Å²) in [4.78, 5) is 28.4. The van der Waals surface area contributed by atoms with Crippen molar-refractivity contribution in [2.75, 3.05) is 6.61 Å². The molecule has 0 radical (unpaired) electrons. The summed E-state index contributed by atoms with van der Waals surface area (Å²) in [6.07, 6.45) is -2.12. The van der Waals surface area contributed by atoms with E-state index in [1.807, 2.05) is 0 Å². The van der Waals surface area contributed by atoms with Crippen molar-refractivity contribution in [3.8, 4) is 0 Å². The first-order valence-electron chi connectivity index (χ1n) is 8.81. The van der Waals surface area contributed by atoms with Crippen LogP contribution in [0.5, 0.6) is 0 Å². The van der Waals surface area contributed by atoms with Gasteiger partial charge in [-0.15, -0.1) is 4.73 Å². The second-order valence-corrected chi connectivity index (χ2v) is 7.41. The molecule has 0 bridgehead atoms. The monoisotopic (exact) mass is 435 g/mol. The smallest absolute Gasteiger partial charge is 0.269 e. The van der Waals surface area contributed by atoms with Gasteiger partial charge in [0.05, 0.1) is 11.5 Å². The van der Waals surface area contributed by atoms with E-state index in [1.54, 1.807) is 12.1 Å². The highest BCUT2D eigenvalue weighted by Gasteiger charge is 2.44. The molecule has 13 heteroatoms. The summed E-state index contributed by atoms with van der Waals surface area (Å²) >= 11 is 1.37. The van der Waals surface area contributed by atoms with Crippen molar-refractivity contribution in [2.24, 2.45) is 0 Å². The maximum Gasteiger partial charge on any atom is 0.269 e. The molecular weight excluding hydrogens is 418 g/mol. The van der Waals surface area contributed by atoms with Crippen molar-refractivity contribution in [3.63, 3.8) is 0 Å². The number of imidazole rings is 1. The molecule has 12 nitrogen and oxygen atoms in total. The molecule has 0 aliphatic carbocycles. The quantitative estimate of drug-likeness (QED) is 0.196. The van der Waals surface area contributed by atoms with Crippen LogP contribution in [-0.2, 0) is 10.5 Å². The van der Waals surface area contributed by atoms with Crippen molar-refractivity contribution in [3.05, 3.63) is 52.6 Å². The lowest BCUT2D eigenvalue weighted by atomic mass is 10.1. The minimum Gasteiger partial charge on any atom is -0.394 e. The van der Waals surface area contributed by atoms with Crippen LogP contribution >= 0.6 is 11.8 Å². The number of hydrogen-bond acceptors (Lipinski definition) is 11. The van der Waals surface area contributed by atoms with Gasteiger partial charge in [-0.3, -0.25) is 10.1 Å². The minimum atomic E-state index is -1.35. The van der Waals surface area contributed by atoms with Gasteiger partial charge in [0.1, 0.15) is 41.5 Å². The molecule has 3 heterocycles. The van der Waals surface area contributed by atoms with Crippen LogP contribution in [0.4, 0.5) is 5.69 Å². The van der Waals surface area contributed by atoms with E-state index in [9.17, 15) is 25.4 Å². The van der Waals surface area contributed by atoms with Gasteiger partial charge < -0.3 is 24.9 Å². The lowest BCUT2D eigenvalue weighted by Gasteiger charge is -2.16. The molecule has 2 aromatic heterocycles. The first-order chi connectivity index (χ1) is 14.5. The van der Waals surface area contributed by atoms with Crippen LogP contribution in [0.3, 0.4) is 0 Å². The molecule has 4 rings (SSSR count). The maximum absolute atomic E-state index is 10.7. The van der Waals surface area contributed by atoms with Crippen molar-refractivity contribution >= 4 is 28.6 Å². The molecule has 1 fully saturated rings. The maximum atomic E-state index is 10.7. The zero-order chi connectivity index (χ0) is 21.3. The molecule has 3 N–H and O–H groups in total. The highest BCUT2D eigenvalue weighted by atomic mass is 32.2. The Morgan fingerprint density at radius 3 is 2.63 bits per heavy atom. The molecule has 1 saturated heterocycles. The highest BCUT2D eigenvalue weighted by molar-refractivity contribution is 7.98. The standard InChI is InChI=1S/C17H17N5O7S/c23-5-11-13(24)14(25)17(28-11)29-21-8-20-12-15(21)18-7-19-16(12)30-6-9-1-3-10(4-2-9)22(26)27/h1-4,7-8,11,13-14,17,23-25H,5-6H2/t11-,13-,14-,17+/m1/s1. The lowest BCUT2D eigenvalue weighted by molar-refractivity contribution is -0.384. The number of nitro groups is 1. The molecule has 0 saturated carbocycles. The number of aromatic nitrogens is 4. The van der Waals surface area contributed by atoms with Crippen LogP contribution in [0.15, 0.2) is 41.9 Å². The molecular formula is C17H17N5O7S. The topological polar surface area (TPSA) is 166 Å². The van der Waals surface area contributed by atoms with Gasteiger partial charge >= 0.3 is 0 Å². The first-order valence-corrected chi connectivity index (χ1v) is 9.80. The lowest BCUT2D eigenvalue weighted by Crippen LogP contribution is -2.38. The number of aliphatic hydroxyl groups is 3. The average Bonchev–Trinajstić information content (AvgIpc) is 3.29. The SMILES string of the molecule is O=[N+]([O-])c1ccc(CSc2ncnc3c2ncn3O[C@@H]2O[C@H](CO)[C@@H](O)[C@H]2O)cc1. The van der Waals surface area contributed by atoms with E-state index < -0.39 is 36.1 Å². The van der Waals surface area contributed by atoms with E-state index in [2.05, 4.69) is 15.0 Å². The molecule has 158 valence electrons. The van der Waals surface area contributed by atoms with Crippen molar-refractivity contribution in [1.29, 1.82) is 0 Å². The summed E-state index contributed by atoms with van der Waals surface area (Å²) in [5.41, 5.74) is 1.68. The fourth-order valence-corrected chi connectivity index (χ4v) is 3.80. The molecule has 1 aliphatic heterocycles. The third kappa shape index (κ3) is 3.93. The number of hydrogen-bond donors (Lipinski definition) is 3. The van der Waals surface area contributed by atoms with Crippen LogP contribution in [0.1, 0.15) is 5.56 Å². The van der Waals surface area contributed by atoms with E-state index in [0.29, 0.717) is 21.9 Å². The summed E-state index contributed by atoms with van der Waals surface area (Å²) in [6.45, 7) is -0.464. The molecule has 0 amide bonds. The van der Waals surface area contributed by atoms with Gasteiger partial charge in [0.15, 0.2) is 5.65 Å². The Kier molecular flexibility index (Phi) is 5.78. The number of nitrogens with zero attached hydrogens (tertiary/aromatic N) is 5. The highest BCUT2D eigenvalue weighted by Crippen LogP contribution is 2.27. The predicted octanol–water partition coefficient (Wildman–Crippen LogP) is -0.106. The molecule has 3 aromatic rings. The molecule has 0 unspecified atom stereocenters. The fourth-order valence-electron chi connectivity index (χ4n) is 2.91. The van der Waals surface area contributed by atoms with Crippen molar-refractivity contribution < 1.29 is 29.8 Å². The summed E-state index contributed by atoms with van der Waals surface area (Å²) in [6, 6.07) is 6.23. The zero-order valence-corrected chi connectivity index (χ0v) is 16.1. The summed E-state index contributed by atoms with van der Waals surface area (Å²) in [7, 11) is 0. The van der Waals surface area contributed by atoms with Crippen LogP contribution in [-0.4, -0.2) is 71.1 Å². The number of fused-ring (bicyclic) bond motifs is 1. The fraction of sp³-hybridized carbons (Fsp3) is 0.353. The van der Waals surface area contributed by atoms with Gasteiger partial charge in [0, 0.05) is 17.9 Å². The van der Waals surface area contributed by atoms with Gasteiger partial charge in [-0.25, -0.2) is 15.0 Å². The van der Waals surface area contributed by atoms with Gasteiger partial charge in [-0.1, -0.05) is 23.9 Å². The normalized spacial score (nSPS) is 23.7. The molecule has 30 heavy (non-hydrogen) atoms. The number of benzene rings is 1. The average molecular weight is 435 g/mol. The Morgan fingerprint density at radius 1 is 1.20 bits per heavy atom. The van der Waals surface area contributed by atoms with Crippen LogP contribution in [0.2, 0.25) is 0 Å². The van der Waals surface area contributed by atoms with E-state index in [0.717, 1.165) is 5.56 Å².